The summed E-state index contributed by atoms with van der Waals surface area (Å²) in [4.78, 5) is 12.0. The Bertz CT molecular complexity index is 476. The van der Waals surface area contributed by atoms with Gasteiger partial charge in [0.15, 0.2) is 0 Å². The van der Waals surface area contributed by atoms with Gasteiger partial charge in [-0.25, -0.2) is 4.39 Å². The van der Waals surface area contributed by atoms with Crippen molar-refractivity contribution in [3.63, 3.8) is 0 Å². The molecule has 1 aliphatic heterocycles. The summed E-state index contributed by atoms with van der Waals surface area (Å²) in [6.07, 6.45) is 0.577. The Morgan fingerprint density at radius 2 is 2.11 bits per heavy atom. The number of anilines is 1. The monoisotopic (exact) mass is 306 g/mol. The van der Waals surface area contributed by atoms with Gasteiger partial charge in [0.05, 0.1) is 27.9 Å². The smallest absolute Gasteiger partial charge is 0.241 e. The Morgan fingerprint density at radius 1 is 1.47 bits per heavy atom. The minimum absolute atomic E-state index is 0.00918. The fourth-order valence-electron chi connectivity index (χ4n) is 1.95. The third-order valence-corrected chi connectivity index (χ3v) is 3.59. The average molecular weight is 307 g/mol. The first kappa shape index (κ1) is 14.5. The second kappa shape index (κ2) is 6.05. The molecule has 1 saturated heterocycles. The van der Waals surface area contributed by atoms with Gasteiger partial charge in [-0.05, 0) is 18.6 Å². The van der Waals surface area contributed by atoms with Crippen molar-refractivity contribution in [2.24, 2.45) is 0 Å². The molecule has 1 fully saturated rings. The Morgan fingerprint density at radius 3 is 2.63 bits per heavy atom. The number of carbonyl (C=O) groups excluding carboxylic acids is 1. The van der Waals surface area contributed by atoms with E-state index in [9.17, 15) is 9.18 Å². The fraction of sp³-hybridized carbons (Fsp3) is 0.417. The molecular formula is C12H13Cl2FN2O2. The number of hydrogen-bond acceptors (Lipinski definition) is 3. The zero-order chi connectivity index (χ0) is 14.0. The van der Waals surface area contributed by atoms with Gasteiger partial charge >= 0.3 is 0 Å². The van der Waals surface area contributed by atoms with Crippen LogP contribution in [0.25, 0.3) is 0 Å². The molecule has 2 N–H and O–H groups in total. The summed E-state index contributed by atoms with van der Waals surface area (Å²) in [5.74, 6) is -0.818. The molecule has 4 nitrogen and oxygen atoms in total. The minimum atomic E-state index is -0.550. The molecule has 1 heterocycles. The van der Waals surface area contributed by atoms with Crippen LogP contribution >= 0.6 is 23.2 Å². The van der Waals surface area contributed by atoms with Crippen molar-refractivity contribution in [3.8, 4) is 0 Å². The van der Waals surface area contributed by atoms with E-state index in [0.29, 0.717) is 13.0 Å². The topological polar surface area (TPSA) is 50.4 Å². The van der Waals surface area contributed by atoms with Crippen molar-refractivity contribution < 1.29 is 13.9 Å². The highest BCUT2D eigenvalue weighted by atomic mass is 35.5. The van der Waals surface area contributed by atoms with E-state index in [4.69, 9.17) is 27.9 Å². The van der Waals surface area contributed by atoms with Crippen LogP contribution < -0.4 is 10.6 Å². The van der Waals surface area contributed by atoms with Gasteiger partial charge in [-0.3, -0.25) is 4.79 Å². The number of benzene rings is 1. The van der Waals surface area contributed by atoms with Crippen molar-refractivity contribution in [1.29, 1.82) is 0 Å². The zero-order valence-electron chi connectivity index (χ0n) is 10.2. The Balaban J connectivity index is 2.08. The van der Waals surface area contributed by atoms with Gasteiger partial charge in [-0.1, -0.05) is 23.2 Å². The van der Waals surface area contributed by atoms with E-state index in [2.05, 4.69) is 10.6 Å². The molecule has 2 unspecified atom stereocenters. The van der Waals surface area contributed by atoms with E-state index >= 15 is 0 Å². The number of methoxy groups -OCH3 is 1. The first-order chi connectivity index (χ1) is 9.01. The van der Waals surface area contributed by atoms with Gasteiger partial charge in [0.1, 0.15) is 5.82 Å². The number of amides is 1. The van der Waals surface area contributed by atoms with Crippen molar-refractivity contribution in [2.75, 3.05) is 19.0 Å². The number of halogens is 3. The molecular weight excluding hydrogens is 294 g/mol. The lowest BCUT2D eigenvalue weighted by atomic mass is 10.2. The third-order valence-electron chi connectivity index (χ3n) is 3.00. The third kappa shape index (κ3) is 3.36. The lowest BCUT2D eigenvalue weighted by Gasteiger charge is -2.13. The van der Waals surface area contributed by atoms with E-state index in [1.54, 1.807) is 7.11 Å². The highest BCUT2D eigenvalue weighted by molar-refractivity contribution is 6.39. The maximum Gasteiger partial charge on any atom is 0.241 e. The first-order valence-electron chi connectivity index (χ1n) is 5.73. The van der Waals surface area contributed by atoms with E-state index in [0.717, 1.165) is 12.1 Å². The molecule has 7 heteroatoms. The SMILES string of the molecule is COC1CNC(C(=O)Nc2c(Cl)cc(F)cc2Cl)C1. The standard InChI is InChI=1S/C12H13Cl2FN2O2/c1-19-7-4-10(16-5-7)12(18)17-11-8(13)2-6(15)3-9(11)14/h2-3,7,10,16H,4-5H2,1H3,(H,17,18). The van der Waals surface area contributed by atoms with Crippen LogP contribution in [-0.2, 0) is 9.53 Å². The molecule has 2 rings (SSSR count). The van der Waals surface area contributed by atoms with Crippen molar-refractivity contribution in [1.82, 2.24) is 5.32 Å². The zero-order valence-corrected chi connectivity index (χ0v) is 11.7. The van der Waals surface area contributed by atoms with Crippen LogP contribution in [0.4, 0.5) is 10.1 Å². The quantitative estimate of drug-likeness (QED) is 0.902. The fourth-order valence-corrected chi connectivity index (χ4v) is 2.51. The second-order valence-corrected chi connectivity index (χ2v) is 5.10. The molecule has 0 aromatic heterocycles. The molecule has 1 aliphatic rings. The molecule has 0 bridgehead atoms. The highest BCUT2D eigenvalue weighted by Crippen LogP contribution is 2.31. The van der Waals surface area contributed by atoms with Gasteiger partial charge in [-0.2, -0.15) is 0 Å². The number of rotatable bonds is 3. The van der Waals surface area contributed by atoms with Gasteiger partial charge in [0, 0.05) is 13.7 Å². The maximum absolute atomic E-state index is 13.0. The normalized spacial score (nSPS) is 22.5. The summed E-state index contributed by atoms with van der Waals surface area (Å²) in [7, 11) is 1.60. The largest absolute Gasteiger partial charge is 0.380 e. The molecule has 1 amide bonds. The molecule has 0 spiro atoms. The Kier molecular flexibility index (Phi) is 4.62. The number of hydrogen-bond donors (Lipinski definition) is 2. The maximum atomic E-state index is 13.0. The molecule has 2 atom stereocenters. The number of carbonyl (C=O) groups is 1. The van der Waals surface area contributed by atoms with Crippen molar-refractivity contribution in [3.05, 3.63) is 28.0 Å². The Labute approximate surface area is 120 Å². The van der Waals surface area contributed by atoms with E-state index in [1.807, 2.05) is 0 Å². The molecule has 1 aromatic rings. The van der Waals surface area contributed by atoms with Crippen LogP contribution in [0.2, 0.25) is 10.0 Å². The van der Waals surface area contributed by atoms with Gasteiger partial charge in [0.25, 0.3) is 0 Å². The van der Waals surface area contributed by atoms with Crippen molar-refractivity contribution in [2.45, 2.75) is 18.6 Å². The molecule has 0 radical (unpaired) electrons. The summed E-state index contributed by atoms with van der Waals surface area (Å²) in [6.45, 7) is 0.611. The van der Waals surface area contributed by atoms with Crippen LogP contribution in [0.15, 0.2) is 12.1 Å². The summed E-state index contributed by atoms with van der Waals surface area (Å²) in [6, 6.07) is 1.83. The van der Waals surface area contributed by atoms with Gasteiger partial charge in [-0.15, -0.1) is 0 Å². The van der Waals surface area contributed by atoms with Gasteiger partial charge in [0.2, 0.25) is 5.91 Å². The van der Waals surface area contributed by atoms with Crippen LogP contribution in [0.1, 0.15) is 6.42 Å². The van der Waals surface area contributed by atoms with Crippen molar-refractivity contribution >= 4 is 34.8 Å². The van der Waals surface area contributed by atoms with E-state index < -0.39 is 5.82 Å². The number of nitrogens with one attached hydrogen (secondary N) is 2. The van der Waals surface area contributed by atoms with Crippen LogP contribution in [0.5, 0.6) is 0 Å². The summed E-state index contributed by atoms with van der Waals surface area (Å²) >= 11 is 11.7. The molecule has 0 aliphatic carbocycles. The molecule has 19 heavy (non-hydrogen) atoms. The van der Waals surface area contributed by atoms with Crippen LogP contribution in [-0.4, -0.2) is 31.7 Å². The number of ether oxygens (including phenoxy) is 1. The summed E-state index contributed by atoms with van der Waals surface area (Å²) in [5.41, 5.74) is 0.220. The van der Waals surface area contributed by atoms with Crippen LogP contribution in [0, 0.1) is 5.82 Å². The van der Waals surface area contributed by atoms with Gasteiger partial charge < -0.3 is 15.4 Å². The second-order valence-electron chi connectivity index (χ2n) is 4.29. The predicted octanol–water partition coefficient (Wildman–Crippen LogP) is 2.45. The molecule has 0 saturated carbocycles. The highest BCUT2D eigenvalue weighted by Gasteiger charge is 2.29. The summed E-state index contributed by atoms with van der Waals surface area (Å²) in [5, 5.41) is 5.77. The lowest BCUT2D eigenvalue weighted by molar-refractivity contribution is -0.118. The van der Waals surface area contributed by atoms with E-state index in [-0.39, 0.29) is 33.8 Å². The Hall–Kier alpha value is -0.880. The molecule has 1 aromatic carbocycles. The van der Waals surface area contributed by atoms with E-state index in [1.165, 1.54) is 0 Å². The summed E-state index contributed by atoms with van der Waals surface area (Å²) < 4.78 is 18.2. The molecule has 104 valence electrons. The average Bonchev–Trinajstić information content (AvgIpc) is 2.82. The van der Waals surface area contributed by atoms with Crippen LogP contribution in [0.3, 0.4) is 0 Å². The minimum Gasteiger partial charge on any atom is -0.380 e. The predicted molar refractivity (Wildman–Crippen MR) is 72.3 cm³/mol. The lowest BCUT2D eigenvalue weighted by Crippen LogP contribution is -2.35. The first-order valence-corrected chi connectivity index (χ1v) is 6.48.